The van der Waals surface area contributed by atoms with Crippen LogP contribution in [0, 0.1) is 0 Å². The number of nitrogens with one attached hydrogen (secondary N) is 2. The number of aliphatic carboxylic acids is 1. The molecule has 0 aliphatic rings. The molecule has 2 atom stereocenters. The topological polar surface area (TPSA) is 121 Å². The number of imidazole rings is 1. The number of carboxylic acid groups (broad SMARTS) is 1. The number of hydrogen-bond acceptors (Lipinski definition) is 4. The molecule has 0 bridgehead atoms. The van der Waals surface area contributed by atoms with Gasteiger partial charge in [-0.1, -0.05) is 30.3 Å². The van der Waals surface area contributed by atoms with E-state index >= 15 is 0 Å². The first-order valence-corrected chi connectivity index (χ1v) is 6.86. The summed E-state index contributed by atoms with van der Waals surface area (Å²) in [4.78, 5) is 30.0. The van der Waals surface area contributed by atoms with E-state index in [1.165, 1.54) is 6.33 Å². The number of benzene rings is 1. The third-order valence-corrected chi connectivity index (χ3v) is 3.23. The van der Waals surface area contributed by atoms with Crippen molar-refractivity contribution >= 4 is 11.9 Å². The molecule has 0 aliphatic heterocycles. The Morgan fingerprint density at radius 3 is 2.59 bits per heavy atom. The first-order chi connectivity index (χ1) is 10.6. The van der Waals surface area contributed by atoms with Crippen molar-refractivity contribution in [3.8, 4) is 0 Å². The predicted octanol–water partition coefficient (Wildman–Crippen LogP) is 0.0916. The number of hydrogen-bond donors (Lipinski definition) is 4. The van der Waals surface area contributed by atoms with E-state index in [2.05, 4.69) is 15.3 Å². The monoisotopic (exact) mass is 302 g/mol. The number of carbonyl (C=O) groups excluding carboxylic acids is 1. The van der Waals surface area contributed by atoms with Gasteiger partial charge >= 0.3 is 5.97 Å². The van der Waals surface area contributed by atoms with Crippen LogP contribution in [0.15, 0.2) is 42.9 Å². The quantitative estimate of drug-likeness (QED) is 0.577. The average molecular weight is 302 g/mol. The Labute approximate surface area is 127 Å². The van der Waals surface area contributed by atoms with Gasteiger partial charge in [0.15, 0.2) is 0 Å². The Balaban J connectivity index is 1.95. The van der Waals surface area contributed by atoms with E-state index in [0.29, 0.717) is 0 Å². The minimum Gasteiger partial charge on any atom is -0.480 e. The second kappa shape index (κ2) is 7.37. The van der Waals surface area contributed by atoms with Crippen LogP contribution >= 0.6 is 0 Å². The molecule has 22 heavy (non-hydrogen) atoms. The van der Waals surface area contributed by atoms with Crippen LogP contribution in [0.1, 0.15) is 11.3 Å². The smallest absolute Gasteiger partial charge is 0.326 e. The van der Waals surface area contributed by atoms with E-state index in [1.54, 1.807) is 6.20 Å². The number of rotatable bonds is 7. The maximum absolute atomic E-state index is 12.0. The third-order valence-electron chi connectivity index (χ3n) is 3.23. The molecular formula is C15H18N4O3. The maximum Gasteiger partial charge on any atom is 0.326 e. The second-order valence-electron chi connectivity index (χ2n) is 4.98. The summed E-state index contributed by atoms with van der Waals surface area (Å²) in [7, 11) is 0. The number of aromatic amines is 1. The van der Waals surface area contributed by atoms with Crippen molar-refractivity contribution < 1.29 is 14.7 Å². The molecule has 1 aromatic heterocycles. The van der Waals surface area contributed by atoms with Crippen molar-refractivity contribution in [2.75, 3.05) is 0 Å². The second-order valence-corrected chi connectivity index (χ2v) is 4.98. The fourth-order valence-electron chi connectivity index (χ4n) is 2.05. The van der Waals surface area contributed by atoms with E-state index in [0.717, 1.165) is 11.3 Å². The lowest BCUT2D eigenvalue weighted by Gasteiger charge is -2.17. The highest BCUT2D eigenvalue weighted by atomic mass is 16.4. The number of nitrogens with two attached hydrogens (primary N) is 1. The van der Waals surface area contributed by atoms with Crippen molar-refractivity contribution in [1.82, 2.24) is 15.3 Å². The zero-order valence-electron chi connectivity index (χ0n) is 11.9. The Hall–Kier alpha value is -2.67. The number of aromatic nitrogens is 2. The molecule has 7 nitrogen and oxygen atoms in total. The van der Waals surface area contributed by atoms with E-state index in [1.807, 2.05) is 30.3 Å². The molecule has 2 rings (SSSR count). The van der Waals surface area contributed by atoms with Gasteiger partial charge in [0.1, 0.15) is 6.04 Å². The molecule has 0 aliphatic carbocycles. The molecule has 7 heteroatoms. The summed E-state index contributed by atoms with van der Waals surface area (Å²) in [6.07, 6.45) is 3.55. The number of nitrogens with zero attached hydrogens (tertiary/aromatic N) is 1. The summed E-state index contributed by atoms with van der Waals surface area (Å²) in [5.41, 5.74) is 7.35. The molecule has 1 amide bonds. The molecule has 116 valence electrons. The Morgan fingerprint density at radius 2 is 2.00 bits per heavy atom. The van der Waals surface area contributed by atoms with Crippen LogP contribution in [0.4, 0.5) is 0 Å². The van der Waals surface area contributed by atoms with Crippen molar-refractivity contribution in [3.63, 3.8) is 0 Å². The minimum absolute atomic E-state index is 0.207. The molecule has 0 saturated carbocycles. The predicted molar refractivity (Wildman–Crippen MR) is 80.0 cm³/mol. The summed E-state index contributed by atoms with van der Waals surface area (Å²) >= 11 is 0. The molecule has 0 unspecified atom stereocenters. The van der Waals surface area contributed by atoms with Gasteiger partial charge in [0, 0.05) is 24.7 Å². The SMILES string of the molecule is N[C@@H](Cc1cnc[nH]1)C(=O)N[C@H](Cc1ccccc1)C(=O)O. The van der Waals surface area contributed by atoms with Gasteiger partial charge in [-0.2, -0.15) is 0 Å². The van der Waals surface area contributed by atoms with Gasteiger partial charge in [-0.25, -0.2) is 9.78 Å². The van der Waals surface area contributed by atoms with Gasteiger partial charge in [-0.3, -0.25) is 4.79 Å². The Kier molecular flexibility index (Phi) is 5.26. The van der Waals surface area contributed by atoms with Gasteiger partial charge in [-0.15, -0.1) is 0 Å². The maximum atomic E-state index is 12.0. The lowest BCUT2D eigenvalue weighted by molar-refractivity contribution is -0.141. The largest absolute Gasteiger partial charge is 0.480 e. The standard InChI is InChI=1S/C15H18N4O3/c16-12(7-11-8-17-9-18-11)14(20)19-13(15(21)22)6-10-4-2-1-3-5-10/h1-5,8-9,12-13H,6-7,16H2,(H,17,18)(H,19,20)(H,21,22)/t12-,13+/m0/s1. The van der Waals surface area contributed by atoms with E-state index in [-0.39, 0.29) is 12.8 Å². The van der Waals surface area contributed by atoms with Crippen LogP contribution in [-0.2, 0) is 22.4 Å². The van der Waals surface area contributed by atoms with Crippen molar-refractivity contribution in [2.45, 2.75) is 24.9 Å². The van der Waals surface area contributed by atoms with Crippen LogP contribution in [0.2, 0.25) is 0 Å². The van der Waals surface area contributed by atoms with Crippen molar-refractivity contribution in [1.29, 1.82) is 0 Å². The summed E-state index contributed by atoms with van der Waals surface area (Å²) in [6.45, 7) is 0. The zero-order valence-corrected chi connectivity index (χ0v) is 11.9. The fourth-order valence-corrected chi connectivity index (χ4v) is 2.05. The number of carbonyl (C=O) groups is 2. The van der Waals surface area contributed by atoms with Gasteiger partial charge in [0.05, 0.1) is 12.4 Å². The highest BCUT2D eigenvalue weighted by Crippen LogP contribution is 2.04. The summed E-state index contributed by atoms with van der Waals surface area (Å²) in [5.74, 6) is -1.59. The van der Waals surface area contributed by atoms with Gasteiger partial charge in [0.2, 0.25) is 5.91 Å². The van der Waals surface area contributed by atoms with Crippen molar-refractivity contribution in [2.24, 2.45) is 5.73 Å². The Bertz CT molecular complexity index is 613. The number of carboxylic acids is 1. The number of H-pyrrole nitrogens is 1. The molecule has 0 fully saturated rings. The van der Waals surface area contributed by atoms with E-state index in [9.17, 15) is 14.7 Å². The lowest BCUT2D eigenvalue weighted by atomic mass is 10.1. The fraction of sp³-hybridized carbons (Fsp3) is 0.267. The normalized spacial score (nSPS) is 13.3. The first kappa shape index (κ1) is 15.7. The summed E-state index contributed by atoms with van der Waals surface area (Å²) in [6, 6.07) is 7.26. The molecular weight excluding hydrogens is 284 g/mol. The van der Waals surface area contributed by atoms with Crippen molar-refractivity contribution in [3.05, 3.63) is 54.1 Å². The van der Waals surface area contributed by atoms with Crippen LogP contribution in [0.25, 0.3) is 0 Å². The molecule has 1 aromatic carbocycles. The molecule has 1 heterocycles. The molecule has 2 aromatic rings. The number of amides is 1. The molecule has 0 radical (unpaired) electrons. The molecule has 0 saturated heterocycles. The van der Waals surface area contributed by atoms with Crippen LogP contribution in [0.5, 0.6) is 0 Å². The van der Waals surface area contributed by atoms with Gasteiger partial charge < -0.3 is 21.1 Å². The third kappa shape index (κ3) is 4.42. The van der Waals surface area contributed by atoms with Crippen LogP contribution in [0.3, 0.4) is 0 Å². The highest BCUT2D eigenvalue weighted by Gasteiger charge is 2.23. The molecule has 5 N–H and O–H groups in total. The minimum atomic E-state index is -1.09. The van der Waals surface area contributed by atoms with E-state index in [4.69, 9.17) is 5.73 Å². The lowest BCUT2D eigenvalue weighted by Crippen LogP contribution is -2.50. The zero-order chi connectivity index (χ0) is 15.9. The average Bonchev–Trinajstić information content (AvgIpc) is 3.00. The highest BCUT2D eigenvalue weighted by molar-refractivity contribution is 5.87. The summed E-state index contributed by atoms with van der Waals surface area (Å²) < 4.78 is 0. The Morgan fingerprint density at radius 1 is 1.27 bits per heavy atom. The first-order valence-electron chi connectivity index (χ1n) is 6.86. The van der Waals surface area contributed by atoms with Crippen LogP contribution in [-0.4, -0.2) is 39.0 Å². The van der Waals surface area contributed by atoms with Gasteiger partial charge in [-0.05, 0) is 5.56 Å². The van der Waals surface area contributed by atoms with E-state index < -0.39 is 24.0 Å². The summed E-state index contributed by atoms with van der Waals surface area (Å²) in [5, 5.41) is 11.7. The van der Waals surface area contributed by atoms with Crippen LogP contribution < -0.4 is 11.1 Å². The molecule has 0 spiro atoms. The van der Waals surface area contributed by atoms with Gasteiger partial charge in [0.25, 0.3) is 0 Å².